The van der Waals surface area contributed by atoms with Crippen LogP contribution in [0.1, 0.15) is 23.6 Å². The van der Waals surface area contributed by atoms with Gasteiger partial charge < -0.3 is 19.9 Å². The van der Waals surface area contributed by atoms with Crippen LogP contribution in [0.2, 0.25) is 0 Å². The Morgan fingerprint density at radius 3 is 2.45 bits per heavy atom. The lowest BCUT2D eigenvalue weighted by atomic mass is 10.0. The number of aryl methyl sites for hydroxylation is 1. The number of ether oxygens (including phenoxy) is 3. The quantitative estimate of drug-likeness (QED) is 0.850. The molecule has 0 saturated carbocycles. The Kier molecular flexibility index (Phi) is 5.67. The van der Waals surface area contributed by atoms with Crippen molar-refractivity contribution in [3.63, 3.8) is 0 Å². The Morgan fingerprint density at radius 1 is 1.00 bits per heavy atom. The van der Waals surface area contributed by atoms with Crippen molar-refractivity contribution < 1.29 is 14.2 Å². The van der Waals surface area contributed by atoms with E-state index >= 15 is 0 Å². The summed E-state index contributed by atoms with van der Waals surface area (Å²) >= 11 is 0. The summed E-state index contributed by atoms with van der Waals surface area (Å²) in [6.45, 7) is 2.61. The Balaban J connectivity index is 1.93. The van der Waals surface area contributed by atoms with Crippen molar-refractivity contribution in [3.05, 3.63) is 53.6 Å². The van der Waals surface area contributed by atoms with Gasteiger partial charge in [-0.25, -0.2) is 0 Å². The van der Waals surface area contributed by atoms with E-state index in [1.165, 1.54) is 5.56 Å². The van der Waals surface area contributed by atoms with Crippen LogP contribution in [0.5, 0.6) is 17.2 Å². The third-order valence-electron chi connectivity index (χ3n) is 3.52. The molecular weight excluding hydrogens is 278 g/mol. The van der Waals surface area contributed by atoms with Gasteiger partial charge in [0.25, 0.3) is 0 Å². The number of nitrogens with two attached hydrogens (primary N) is 1. The van der Waals surface area contributed by atoms with Gasteiger partial charge in [-0.1, -0.05) is 18.2 Å². The second-order valence-corrected chi connectivity index (χ2v) is 5.17. The van der Waals surface area contributed by atoms with Gasteiger partial charge >= 0.3 is 0 Å². The molecule has 1 atom stereocenters. The zero-order valence-corrected chi connectivity index (χ0v) is 13.3. The van der Waals surface area contributed by atoms with Crippen LogP contribution in [0.15, 0.2) is 42.5 Å². The molecule has 0 aliphatic carbocycles. The van der Waals surface area contributed by atoms with Crippen molar-refractivity contribution in [1.82, 2.24) is 0 Å². The lowest BCUT2D eigenvalue weighted by Gasteiger charge is -2.15. The molecule has 0 bridgehead atoms. The minimum Gasteiger partial charge on any atom is -0.494 e. The summed E-state index contributed by atoms with van der Waals surface area (Å²) in [4.78, 5) is 0. The van der Waals surface area contributed by atoms with Gasteiger partial charge in [-0.3, -0.25) is 0 Å². The first-order chi connectivity index (χ1) is 10.6. The average molecular weight is 301 g/mol. The van der Waals surface area contributed by atoms with Crippen molar-refractivity contribution in [1.29, 1.82) is 0 Å². The molecule has 2 aromatic carbocycles. The molecule has 2 aromatic rings. The molecular formula is C18H23NO3. The van der Waals surface area contributed by atoms with Gasteiger partial charge in [-0.05, 0) is 42.3 Å². The second kappa shape index (κ2) is 7.71. The fourth-order valence-corrected chi connectivity index (χ4v) is 2.26. The molecule has 4 nitrogen and oxygen atoms in total. The van der Waals surface area contributed by atoms with Crippen molar-refractivity contribution >= 4 is 0 Å². The largest absolute Gasteiger partial charge is 0.494 e. The lowest BCUT2D eigenvalue weighted by molar-refractivity contribution is 0.298. The summed E-state index contributed by atoms with van der Waals surface area (Å²) in [6.07, 6.45) is 0.726. The highest BCUT2D eigenvalue weighted by Gasteiger charge is 2.11. The van der Waals surface area contributed by atoms with E-state index in [1.807, 2.05) is 49.4 Å². The van der Waals surface area contributed by atoms with E-state index in [0.717, 1.165) is 17.7 Å². The average Bonchev–Trinajstić information content (AvgIpc) is 2.54. The maximum absolute atomic E-state index is 6.23. The molecule has 0 saturated heterocycles. The maximum Gasteiger partial charge on any atom is 0.161 e. The third kappa shape index (κ3) is 4.15. The minimum atomic E-state index is -0.107. The van der Waals surface area contributed by atoms with E-state index in [4.69, 9.17) is 19.9 Å². The zero-order chi connectivity index (χ0) is 15.9. The van der Waals surface area contributed by atoms with E-state index in [0.29, 0.717) is 18.1 Å². The summed E-state index contributed by atoms with van der Waals surface area (Å²) < 4.78 is 16.3. The number of hydrogen-bond donors (Lipinski definition) is 1. The Morgan fingerprint density at radius 2 is 1.77 bits per heavy atom. The second-order valence-electron chi connectivity index (χ2n) is 5.17. The number of methoxy groups -OCH3 is 2. The molecule has 0 spiro atoms. The van der Waals surface area contributed by atoms with E-state index in [-0.39, 0.29) is 6.04 Å². The van der Waals surface area contributed by atoms with Crippen LogP contribution >= 0.6 is 0 Å². The normalized spacial score (nSPS) is 11.8. The monoisotopic (exact) mass is 301 g/mol. The Hall–Kier alpha value is -2.20. The molecule has 118 valence electrons. The lowest BCUT2D eigenvalue weighted by Crippen LogP contribution is -2.14. The zero-order valence-electron chi connectivity index (χ0n) is 13.3. The topological polar surface area (TPSA) is 53.7 Å². The van der Waals surface area contributed by atoms with E-state index in [2.05, 4.69) is 0 Å². The van der Waals surface area contributed by atoms with Crippen LogP contribution in [-0.2, 0) is 0 Å². The summed E-state index contributed by atoms with van der Waals surface area (Å²) in [5.74, 6) is 2.27. The van der Waals surface area contributed by atoms with E-state index < -0.39 is 0 Å². The van der Waals surface area contributed by atoms with Crippen molar-refractivity contribution in [2.45, 2.75) is 19.4 Å². The predicted octanol–water partition coefficient (Wildman–Crippen LogP) is 3.48. The molecule has 2 rings (SSSR count). The van der Waals surface area contributed by atoms with Gasteiger partial charge in [0.1, 0.15) is 5.75 Å². The van der Waals surface area contributed by atoms with Gasteiger partial charge in [0.15, 0.2) is 11.5 Å². The first-order valence-corrected chi connectivity index (χ1v) is 7.31. The molecule has 22 heavy (non-hydrogen) atoms. The molecule has 2 N–H and O–H groups in total. The molecule has 0 amide bonds. The molecule has 0 fully saturated rings. The Labute approximate surface area is 131 Å². The molecule has 0 aliphatic rings. The molecule has 0 aromatic heterocycles. The molecule has 0 radical (unpaired) electrons. The van der Waals surface area contributed by atoms with Gasteiger partial charge in [-0.15, -0.1) is 0 Å². The number of rotatable bonds is 7. The number of benzene rings is 2. The first-order valence-electron chi connectivity index (χ1n) is 7.31. The minimum absolute atomic E-state index is 0.107. The molecule has 0 aliphatic heterocycles. The fraction of sp³-hybridized carbons (Fsp3) is 0.333. The van der Waals surface area contributed by atoms with Crippen LogP contribution in [0.3, 0.4) is 0 Å². The van der Waals surface area contributed by atoms with Gasteiger partial charge in [0.2, 0.25) is 0 Å². The predicted molar refractivity (Wildman–Crippen MR) is 87.8 cm³/mol. The highest BCUT2D eigenvalue weighted by molar-refractivity contribution is 5.43. The summed E-state index contributed by atoms with van der Waals surface area (Å²) in [6, 6.07) is 13.6. The van der Waals surface area contributed by atoms with Gasteiger partial charge in [-0.2, -0.15) is 0 Å². The van der Waals surface area contributed by atoms with Crippen LogP contribution < -0.4 is 19.9 Å². The molecule has 0 heterocycles. The SMILES string of the molecule is COc1ccc(C(N)CCOc2cccc(C)c2)cc1OC. The van der Waals surface area contributed by atoms with Crippen LogP contribution in [-0.4, -0.2) is 20.8 Å². The van der Waals surface area contributed by atoms with E-state index in [1.54, 1.807) is 14.2 Å². The van der Waals surface area contributed by atoms with Crippen molar-refractivity contribution in [2.75, 3.05) is 20.8 Å². The summed E-state index contributed by atoms with van der Waals surface area (Å²) in [5, 5.41) is 0. The van der Waals surface area contributed by atoms with Crippen LogP contribution in [0, 0.1) is 6.92 Å². The van der Waals surface area contributed by atoms with E-state index in [9.17, 15) is 0 Å². The molecule has 4 heteroatoms. The number of hydrogen-bond acceptors (Lipinski definition) is 4. The van der Waals surface area contributed by atoms with Crippen molar-refractivity contribution in [3.8, 4) is 17.2 Å². The van der Waals surface area contributed by atoms with Crippen molar-refractivity contribution in [2.24, 2.45) is 5.73 Å². The van der Waals surface area contributed by atoms with Crippen LogP contribution in [0.4, 0.5) is 0 Å². The standard InChI is InChI=1S/C18H23NO3/c1-13-5-4-6-15(11-13)22-10-9-16(19)14-7-8-17(20-2)18(12-14)21-3/h4-8,11-12,16H,9-10,19H2,1-3H3. The smallest absolute Gasteiger partial charge is 0.161 e. The first kappa shape index (κ1) is 16.2. The van der Waals surface area contributed by atoms with Gasteiger partial charge in [0.05, 0.1) is 20.8 Å². The van der Waals surface area contributed by atoms with Gasteiger partial charge in [0, 0.05) is 12.5 Å². The third-order valence-corrected chi connectivity index (χ3v) is 3.52. The Bertz CT molecular complexity index is 613. The summed E-state index contributed by atoms with van der Waals surface area (Å²) in [7, 11) is 3.24. The highest BCUT2D eigenvalue weighted by atomic mass is 16.5. The molecule has 1 unspecified atom stereocenters. The fourth-order valence-electron chi connectivity index (χ4n) is 2.26. The highest BCUT2D eigenvalue weighted by Crippen LogP contribution is 2.30. The summed E-state index contributed by atoms with van der Waals surface area (Å²) in [5.41, 5.74) is 8.42. The maximum atomic E-state index is 6.23. The van der Waals surface area contributed by atoms with Crippen LogP contribution in [0.25, 0.3) is 0 Å².